The number of carbonyl (C=O) groups excluding carboxylic acids is 1. The summed E-state index contributed by atoms with van der Waals surface area (Å²) in [5.74, 6) is 1.62. The Balaban J connectivity index is 0.00000180. The van der Waals surface area contributed by atoms with Gasteiger partial charge in [0, 0.05) is 18.5 Å². The minimum Gasteiger partial charge on any atom is -0.353 e. The van der Waals surface area contributed by atoms with Gasteiger partial charge in [0.2, 0.25) is 5.91 Å². The SMILES string of the molecule is CC(C)C1CCCCC1NC(=O)CC1CCCN1.Cl. The molecule has 4 heteroatoms. The minimum absolute atomic E-state index is 0. The Bertz CT molecular complexity index is 277. The zero-order valence-corrected chi connectivity index (χ0v) is 13.1. The lowest BCUT2D eigenvalue weighted by atomic mass is 9.78. The lowest BCUT2D eigenvalue weighted by Crippen LogP contribution is -2.45. The fourth-order valence-corrected chi connectivity index (χ4v) is 3.56. The summed E-state index contributed by atoms with van der Waals surface area (Å²) in [4.78, 5) is 12.1. The van der Waals surface area contributed by atoms with Crippen LogP contribution in [0.2, 0.25) is 0 Å². The molecule has 0 radical (unpaired) electrons. The molecule has 2 fully saturated rings. The molecule has 112 valence electrons. The first-order chi connectivity index (χ1) is 8.66. The molecule has 1 saturated carbocycles. The number of carbonyl (C=O) groups is 1. The van der Waals surface area contributed by atoms with Gasteiger partial charge < -0.3 is 10.6 Å². The molecule has 2 aliphatic rings. The van der Waals surface area contributed by atoms with Crippen LogP contribution in [-0.2, 0) is 4.79 Å². The molecule has 1 aliphatic carbocycles. The zero-order valence-electron chi connectivity index (χ0n) is 12.3. The molecular formula is C15H29ClN2O. The lowest BCUT2D eigenvalue weighted by molar-refractivity contribution is -0.123. The minimum atomic E-state index is 0. The Morgan fingerprint density at radius 1 is 1.21 bits per heavy atom. The predicted octanol–water partition coefficient (Wildman–Crippen LogP) is 2.88. The van der Waals surface area contributed by atoms with Crippen molar-refractivity contribution in [1.82, 2.24) is 10.6 Å². The van der Waals surface area contributed by atoms with Crippen molar-refractivity contribution in [2.75, 3.05) is 6.54 Å². The van der Waals surface area contributed by atoms with Gasteiger partial charge in [0.05, 0.1) is 0 Å². The molecule has 0 aromatic carbocycles. The standard InChI is InChI=1S/C15H28N2O.ClH/c1-11(2)13-7-3-4-8-14(13)17-15(18)10-12-6-5-9-16-12;/h11-14,16H,3-10H2,1-2H3,(H,17,18);1H. The summed E-state index contributed by atoms with van der Waals surface area (Å²) in [6, 6.07) is 0.846. The molecule has 2 rings (SSSR count). The maximum atomic E-state index is 12.1. The first-order valence-electron chi connectivity index (χ1n) is 7.69. The van der Waals surface area contributed by atoms with Gasteiger partial charge in [-0.15, -0.1) is 12.4 Å². The highest BCUT2D eigenvalue weighted by Crippen LogP contribution is 2.30. The van der Waals surface area contributed by atoms with E-state index in [-0.39, 0.29) is 18.3 Å². The molecule has 1 aliphatic heterocycles. The van der Waals surface area contributed by atoms with E-state index in [1.54, 1.807) is 0 Å². The third-order valence-electron chi connectivity index (χ3n) is 4.62. The smallest absolute Gasteiger partial charge is 0.221 e. The van der Waals surface area contributed by atoms with E-state index >= 15 is 0 Å². The number of rotatable bonds is 4. The van der Waals surface area contributed by atoms with Gasteiger partial charge in [-0.05, 0) is 44.1 Å². The van der Waals surface area contributed by atoms with E-state index in [0.29, 0.717) is 30.3 Å². The number of halogens is 1. The van der Waals surface area contributed by atoms with Crippen LogP contribution in [0.5, 0.6) is 0 Å². The van der Waals surface area contributed by atoms with E-state index in [1.165, 1.54) is 32.1 Å². The summed E-state index contributed by atoms with van der Waals surface area (Å²) in [5.41, 5.74) is 0. The Morgan fingerprint density at radius 3 is 2.58 bits per heavy atom. The second kappa shape index (κ2) is 8.11. The quantitative estimate of drug-likeness (QED) is 0.835. The Morgan fingerprint density at radius 2 is 1.95 bits per heavy atom. The number of nitrogens with one attached hydrogen (secondary N) is 2. The van der Waals surface area contributed by atoms with Crippen molar-refractivity contribution < 1.29 is 4.79 Å². The van der Waals surface area contributed by atoms with E-state index in [0.717, 1.165) is 13.0 Å². The lowest BCUT2D eigenvalue weighted by Gasteiger charge is -2.35. The molecule has 1 amide bonds. The third kappa shape index (κ3) is 4.96. The van der Waals surface area contributed by atoms with Crippen LogP contribution >= 0.6 is 12.4 Å². The first-order valence-corrected chi connectivity index (χ1v) is 7.69. The monoisotopic (exact) mass is 288 g/mol. The van der Waals surface area contributed by atoms with Crippen LogP contribution in [0.15, 0.2) is 0 Å². The fourth-order valence-electron chi connectivity index (χ4n) is 3.56. The molecule has 3 unspecified atom stereocenters. The van der Waals surface area contributed by atoms with Gasteiger partial charge in [0.25, 0.3) is 0 Å². The van der Waals surface area contributed by atoms with Gasteiger partial charge in [-0.3, -0.25) is 4.79 Å². The summed E-state index contributed by atoms with van der Waals surface area (Å²) in [7, 11) is 0. The third-order valence-corrected chi connectivity index (χ3v) is 4.62. The highest BCUT2D eigenvalue weighted by molar-refractivity contribution is 5.85. The van der Waals surface area contributed by atoms with Crippen LogP contribution in [-0.4, -0.2) is 24.5 Å². The van der Waals surface area contributed by atoms with Gasteiger partial charge in [0.1, 0.15) is 0 Å². The van der Waals surface area contributed by atoms with E-state index < -0.39 is 0 Å². The van der Waals surface area contributed by atoms with Gasteiger partial charge >= 0.3 is 0 Å². The highest BCUT2D eigenvalue weighted by Gasteiger charge is 2.29. The molecular weight excluding hydrogens is 260 g/mol. The molecule has 0 spiro atoms. The van der Waals surface area contributed by atoms with Crippen LogP contribution in [0.25, 0.3) is 0 Å². The Kier molecular flexibility index (Phi) is 7.16. The maximum absolute atomic E-state index is 12.1. The molecule has 1 heterocycles. The molecule has 2 N–H and O–H groups in total. The average Bonchev–Trinajstić information content (AvgIpc) is 2.82. The predicted molar refractivity (Wildman–Crippen MR) is 81.6 cm³/mol. The summed E-state index contributed by atoms with van der Waals surface area (Å²) in [6.07, 6.45) is 8.11. The van der Waals surface area contributed by atoms with Crippen molar-refractivity contribution in [2.24, 2.45) is 11.8 Å². The Labute approximate surface area is 123 Å². The molecule has 0 aromatic rings. The molecule has 19 heavy (non-hydrogen) atoms. The topological polar surface area (TPSA) is 41.1 Å². The Hall–Kier alpha value is -0.280. The van der Waals surface area contributed by atoms with Crippen LogP contribution in [0.3, 0.4) is 0 Å². The van der Waals surface area contributed by atoms with Crippen LogP contribution < -0.4 is 10.6 Å². The molecule has 3 atom stereocenters. The van der Waals surface area contributed by atoms with E-state index in [9.17, 15) is 4.79 Å². The molecule has 0 aromatic heterocycles. The van der Waals surface area contributed by atoms with Crippen molar-refractivity contribution in [1.29, 1.82) is 0 Å². The summed E-state index contributed by atoms with van der Waals surface area (Å²) < 4.78 is 0. The summed E-state index contributed by atoms with van der Waals surface area (Å²) in [5, 5.41) is 6.70. The van der Waals surface area contributed by atoms with Crippen molar-refractivity contribution in [2.45, 2.75) is 70.9 Å². The number of amides is 1. The second-order valence-electron chi connectivity index (χ2n) is 6.36. The first kappa shape index (κ1) is 16.8. The van der Waals surface area contributed by atoms with Crippen LogP contribution in [0, 0.1) is 11.8 Å². The van der Waals surface area contributed by atoms with Crippen molar-refractivity contribution in [3.63, 3.8) is 0 Å². The van der Waals surface area contributed by atoms with E-state index in [4.69, 9.17) is 0 Å². The van der Waals surface area contributed by atoms with Crippen molar-refractivity contribution >= 4 is 18.3 Å². The normalized spacial score (nSPS) is 31.0. The second-order valence-corrected chi connectivity index (χ2v) is 6.36. The van der Waals surface area contributed by atoms with Gasteiger partial charge in [-0.25, -0.2) is 0 Å². The van der Waals surface area contributed by atoms with Gasteiger partial charge in [0.15, 0.2) is 0 Å². The summed E-state index contributed by atoms with van der Waals surface area (Å²) >= 11 is 0. The molecule has 1 saturated heterocycles. The highest BCUT2D eigenvalue weighted by atomic mass is 35.5. The number of hydrogen-bond acceptors (Lipinski definition) is 2. The van der Waals surface area contributed by atoms with Crippen molar-refractivity contribution in [3.05, 3.63) is 0 Å². The average molecular weight is 289 g/mol. The van der Waals surface area contributed by atoms with Gasteiger partial charge in [-0.2, -0.15) is 0 Å². The summed E-state index contributed by atoms with van der Waals surface area (Å²) in [6.45, 7) is 5.65. The molecule has 3 nitrogen and oxygen atoms in total. The fraction of sp³-hybridized carbons (Fsp3) is 0.933. The van der Waals surface area contributed by atoms with Crippen LogP contribution in [0.4, 0.5) is 0 Å². The molecule has 0 bridgehead atoms. The zero-order chi connectivity index (χ0) is 13.0. The van der Waals surface area contributed by atoms with Crippen LogP contribution in [0.1, 0.15) is 58.8 Å². The largest absolute Gasteiger partial charge is 0.353 e. The van der Waals surface area contributed by atoms with Gasteiger partial charge in [-0.1, -0.05) is 26.7 Å². The maximum Gasteiger partial charge on any atom is 0.221 e. The van der Waals surface area contributed by atoms with E-state index in [2.05, 4.69) is 24.5 Å². The van der Waals surface area contributed by atoms with E-state index in [1.807, 2.05) is 0 Å². The van der Waals surface area contributed by atoms with Crippen molar-refractivity contribution in [3.8, 4) is 0 Å². The number of hydrogen-bond donors (Lipinski definition) is 2.